The van der Waals surface area contributed by atoms with Gasteiger partial charge in [-0.15, -0.1) is 0 Å². The van der Waals surface area contributed by atoms with Crippen molar-refractivity contribution in [2.45, 2.75) is 27.7 Å². The maximum atomic E-state index is 2.58. The molecule has 0 N–H and O–H groups in total. The Morgan fingerprint density at radius 2 is 0.938 bits per heavy atom. The largest absolute Gasteiger partial charge is 0.388 e. The molecule has 0 bridgehead atoms. The van der Waals surface area contributed by atoms with Gasteiger partial charge in [0.2, 0.25) is 0 Å². The van der Waals surface area contributed by atoms with E-state index in [0.29, 0.717) is 0 Å². The second-order valence-electron chi connectivity index (χ2n) is 4.36. The summed E-state index contributed by atoms with van der Waals surface area (Å²) in [5, 5.41) is 0. The van der Waals surface area contributed by atoms with Crippen molar-refractivity contribution in [3.63, 3.8) is 0 Å². The average molecular weight is 243 g/mol. The van der Waals surface area contributed by atoms with Gasteiger partial charge in [0.1, 0.15) is 0 Å². The minimum Gasteiger partial charge on any atom is -0.388 e. The quantitative estimate of drug-likeness (QED) is 0.518. The van der Waals surface area contributed by atoms with Gasteiger partial charge in [0.05, 0.1) is 0 Å². The summed E-state index contributed by atoms with van der Waals surface area (Å²) in [7, 11) is 0. The topological polar surface area (TPSA) is 9.72 Å². The van der Waals surface area contributed by atoms with Crippen molar-refractivity contribution in [1.29, 1.82) is 0 Å². The van der Waals surface area contributed by atoms with Crippen LogP contribution in [0.2, 0.25) is 0 Å². The maximum Gasteiger partial charge on any atom is 0.321 e. The monoisotopic (exact) mass is 243 g/mol. The average Bonchev–Trinajstić information content (AvgIpc) is 2.31. The van der Waals surface area contributed by atoms with Crippen molar-refractivity contribution in [3.8, 4) is 0 Å². The molecule has 0 aliphatic rings. The molecular weight excluding hydrogens is 213 g/mol. The van der Waals surface area contributed by atoms with Crippen molar-refractivity contribution in [3.05, 3.63) is 0 Å². The molecule has 0 spiro atoms. The Labute approximate surface area is 110 Å². The summed E-state index contributed by atoms with van der Waals surface area (Å²) in [6, 6.07) is 0. The van der Waals surface area contributed by atoms with Crippen LogP contribution >= 0.6 is 0 Å². The third kappa shape index (κ3) is 7.65. The Hall–Kier alpha value is 0.412. The number of hydrogen-bond donors (Lipinski definition) is 0. The molecule has 0 amide bonds. The van der Waals surface area contributed by atoms with Crippen molar-refractivity contribution in [2.24, 2.45) is 0 Å². The van der Waals surface area contributed by atoms with E-state index in [1.807, 2.05) is 0 Å². The molecule has 0 saturated carbocycles. The van der Waals surface area contributed by atoms with Crippen molar-refractivity contribution < 1.29 is 0 Å². The zero-order valence-corrected chi connectivity index (χ0v) is 14.0. The summed E-state index contributed by atoms with van der Waals surface area (Å²) >= 11 is 1.19. The van der Waals surface area contributed by atoms with E-state index in [-0.39, 0.29) is 0 Å². The third-order valence-electron chi connectivity index (χ3n) is 3.38. The van der Waals surface area contributed by atoms with E-state index in [4.69, 9.17) is 0 Å². The summed E-state index contributed by atoms with van der Waals surface area (Å²) in [5.74, 6) is 0. The van der Waals surface area contributed by atoms with Crippen LogP contribution in [-0.2, 0) is 0 Å². The molecule has 0 heterocycles. The lowest BCUT2D eigenvalue weighted by atomic mass is 10.4. The molecule has 0 saturated heterocycles. The predicted octanol–water partition coefficient (Wildman–Crippen LogP) is 0.520. The number of rotatable bonds is 10. The molecule has 3 nitrogen and oxygen atoms in total. The number of likely N-dealkylation sites (N-methyl/N-ethyl adjacent to an activating group) is 2. The molecule has 0 aromatic rings. The molecule has 0 atom stereocenters. The van der Waals surface area contributed by atoms with E-state index in [1.54, 1.807) is 0 Å². The fourth-order valence-corrected chi connectivity index (χ4v) is 2.22. The first-order valence-corrected chi connectivity index (χ1v) is 7.70. The normalized spacial score (nSPS) is 11.9. The summed E-state index contributed by atoms with van der Waals surface area (Å²) in [5.41, 5.74) is 0. The standard InChI is InChI=1S/C12H28N3.Al.2H/c1-5-14(6-2)11-9-13-10-12-15(7-3)8-4;;;/h5-12H2,1-4H3;;;/q-1;+1;;. The second-order valence-corrected chi connectivity index (χ2v) is 5.62. The highest BCUT2D eigenvalue weighted by Gasteiger charge is 2.04. The van der Waals surface area contributed by atoms with Gasteiger partial charge < -0.3 is 13.7 Å². The Kier molecular flexibility index (Phi) is 10.8. The van der Waals surface area contributed by atoms with Crippen LogP contribution in [0.25, 0.3) is 0 Å². The fourth-order valence-electron chi connectivity index (χ4n) is 1.82. The van der Waals surface area contributed by atoms with Crippen LogP contribution in [0.4, 0.5) is 0 Å². The van der Waals surface area contributed by atoms with E-state index < -0.39 is 0 Å². The van der Waals surface area contributed by atoms with E-state index in [9.17, 15) is 0 Å². The molecule has 0 unspecified atom stereocenters. The predicted molar refractivity (Wildman–Crippen MR) is 75.7 cm³/mol. The molecule has 4 heteroatoms. The van der Waals surface area contributed by atoms with E-state index in [2.05, 4.69) is 41.4 Å². The molecule has 96 valence electrons. The van der Waals surface area contributed by atoms with E-state index in [0.717, 1.165) is 0 Å². The zero-order valence-electron chi connectivity index (χ0n) is 12.0. The Balaban J connectivity index is 3.61. The van der Waals surface area contributed by atoms with Crippen molar-refractivity contribution in [2.75, 3.05) is 52.4 Å². The Morgan fingerprint density at radius 3 is 1.19 bits per heavy atom. The van der Waals surface area contributed by atoms with E-state index in [1.165, 1.54) is 68.9 Å². The van der Waals surface area contributed by atoms with Crippen LogP contribution in [0.1, 0.15) is 27.7 Å². The molecule has 0 radical (unpaired) electrons. The first-order valence-electron chi connectivity index (χ1n) is 6.81. The summed E-state index contributed by atoms with van der Waals surface area (Å²) in [4.78, 5) is 5.00. The lowest BCUT2D eigenvalue weighted by molar-refractivity contribution is 0.245. The molecule has 0 aromatic carbocycles. The first kappa shape index (κ1) is 16.4. The van der Waals surface area contributed by atoms with Crippen LogP contribution in [0.3, 0.4) is 0 Å². The van der Waals surface area contributed by atoms with Gasteiger partial charge in [0, 0.05) is 13.1 Å². The highest BCUT2D eigenvalue weighted by Crippen LogP contribution is 1.91. The van der Waals surface area contributed by atoms with E-state index >= 15 is 0 Å². The first-order chi connectivity index (χ1) is 7.67. The van der Waals surface area contributed by atoms with Gasteiger partial charge in [-0.25, -0.2) is 0 Å². The minimum atomic E-state index is 1.18. The molecule has 0 aliphatic heterocycles. The molecule has 0 fully saturated rings. The van der Waals surface area contributed by atoms with Crippen LogP contribution in [0, 0.1) is 0 Å². The van der Waals surface area contributed by atoms with Gasteiger partial charge >= 0.3 is 16.5 Å². The number of hydrogen-bond acceptors (Lipinski definition) is 3. The van der Waals surface area contributed by atoms with Crippen LogP contribution < -0.4 is 0 Å². The zero-order chi connectivity index (χ0) is 12.4. The Bertz CT molecular complexity index is 131. The number of nitrogens with zero attached hydrogens (tertiary/aromatic N) is 3. The fraction of sp³-hybridized carbons (Fsp3) is 1.00. The van der Waals surface area contributed by atoms with Crippen molar-refractivity contribution >= 4 is 16.5 Å². The van der Waals surface area contributed by atoms with Gasteiger partial charge in [-0.3, -0.25) is 0 Å². The second kappa shape index (κ2) is 10.6. The summed E-state index contributed by atoms with van der Waals surface area (Å²) < 4.78 is 2.58. The smallest absolute Gasteiger partial charge is 0.321 e. The van der Waals surface area contributed by atoms with Crippen molar-refractivity contribution in [1.82, 2.24) is 13.7 Å². The maximum absolute atomic E-state index is 2.58. The van der Waals surface area contributed by atoms with Crippen LogP contribution in [-0.4, -0.2) is 82.6 Å². The molecule has 0 aliphatic carbocycles. The molecular formula is C12H30AlN3. The SMILES string of the molecule is CCN(CC)CC[N]([AlH2])CCN(CC)CC. The molecule has 0 rings (SSSR count). The molecule has 0 aromatic heterocycles. The van der Waals surface area contributed by atoms with Crippen LogP contribution in [0.15, 0.2) is 0 Å². The summed E-state index contributed by atoms with van der Waals surface area (Å²) in [6.45, 7) is 18.7. The highest BCUT2D eigenvalue weighted by molar-refractivity contribution is 6.04. The Morgan fingerprint density at radius 1 is 0.625 bits per heavy atom. The van der Waals surface area contributed by atoms with Gasteiger partial charge in [0.15, 0.2) is 0 Å². The summed E-state index contributed by atoms with van der Waals surface area (Å²) in [6.07, 6.45) is 0. The minimum absolute atomic E-state index is 1.18. The van der Waals surface area contributed by atoms with Crippen LogP contribution in [0.5, 0.6) is 0 Å². The third-order valence-corrected chi connectivity index (χ3v) is 4.28. The van der Waals surface area contributed by atoms with Gasteiger partial charge in [0.25, 0.3) is 0 Å². The van der Waals surface area contributed by atoms with Gasteiger partial charge in [-0.1, -0.05) is 27.7 Å². The van der Waals surface area contributed by atoms with Gasteiger partial charge in [-0.05, 0) is 39.3 Å². The highest BCUT2D eigenvalue weighted by atomic mass is 27.1. The van der Waals surface area contributed by atoms with Gasteiger partial charge in [-0.2, -0.15) is 0 Å². The molecule has 16 heavy (non-hydrogen) atoms. The lowest BCUT2D eigenvalue weighted by Crippen LogP contribution is -2.38. The lowest BCUT2D eigenvalue weighted by Gasteiger charge is -2.26.